The molecule has 1 saturated carbocycles. The number of anilines is 2. The van der Waals surface area contributed by atoms with Crippen molar-refractivity contribution in [1.29, 1.82) is 0 Å². The van der Waals surface area contributed by atoms with Gasteiger partial charge in [-0.25, -0.2) is 4.98 Å². The Morgan fingerprint density at radius 2 is 1.76 bits per heavy atom. The summed E-state index contributed by atoms with van der Waals surface area (Å²) < 4.78 is 0. The van der Waals surface area contributed by atoms with Gasteiger partial charge in [-0.3, -0.25) is 0 Å². The fraction of sp³-hybridized carbons (Fsp3) is 0.242. The lowest BCUT2D eigenvalue weighted by Crippen LogP contribution is -2.34. The van der Waals surface area contributed by atoms with Crippen LogP contribution in [0.1, 0.15) is 48.4 Å². The van der Waals surface area contributed by atoms with Crippen molar-refractivity contribution in [3.05, 3.63) is 102 Å². The topological polar surface area (TPSA) is 37.0 Å². The number of pyridine rings is 1. The third-order valence-corrected chi connectivity index (χ3v) is 7.86. The van der Waals surface area contributed by atoms with Gasteiger partial charge in [0.05, 0.1) is 10.7 Å². The second-order valence-electron chi connectivity index (χ2n) is 9.84. The Morgan fingerprint density at radius 1 is 0.973 bits per heavy atom. The molecule has 4 aromatic rings. The molecule has 2 N–H and O–H groups in total. The molecule has 4 heteroatoms. The minimum atomic E-state index is 0.650. The van der Waals surface area contributed by atoms with E-state index in [1.165, 1.54) is 47.1 Å². The van der Waals surface area contributed by atoms with Crippen molar-refractivity contribution in [3.63, 3.8) is 0 Å². The molecule has 0 atom stereocenters. The van der Waals surface area contributed by atoms with Crippen LogP contribution in [0.25, 0.3) is 28.5 Å². The highest BCUT2D eigenvalue weighted by molar-refractivity contribution is 7.80. The molecule has 1 heterocycles. The molecule has 3 aromatic carbocycles. The molecule has 0 amide bonds. The molecule has 37 heavy (non-hydrogen) atoms. The third kappa shape index (κ3) is 5.66. The molecule has 0 spiro atoms. The van der Waals surface area contributed by atoms with Gasteiger partial charge in [0.15, 0.2) is 0 Å². The van der Waals surface area contributed by atoms with Crippen molar-refractivity contribution in [2.24, 2.45) is 0 Å². The fourth-order valence-electron chi connectivity index (χ4n) is 4.91. The molecule has 0 saturated heterocycles. The van der Waals surface area contributed by atoms with E-state index in [2.05, 4.69) is 104 Å². The second-order valence-corrected chi connectivity index (χ2v) is 10.3. The van der Waals surface area contributed by atoms with Crippen molar-refractivity contribution >= 4 is 30.1 Å². The van der Waals surface area contributed by atoms with E-state index in [9.17, 15) is 0 Å². The number of nitrogens with zero attached hydrogens (tertiary/aromatic N) is 1. The quantitative estimate of drug-likeness (QED) is 0.199. The summed E-state index contributed by atoms with van der Waals surface area (Å²) in [5.74, 6) is 0. The standard InChI is InChI=1S/C33H35N3S/c1-4-23-15-17-29(20-24(23)5-2)35-31-14-8-13-30(22(31)3)25-9-6-10-26(19-25)32-18-16-27(33(37)36-32)21-34-28-11-7-12-28/h5-6,8-10,13-20,28,34-35H,2,4,7,11-12,21H2,1,3H3,(H,36,37). The zero-order valence-electron chi connectivity index (χ0n) is 21.7. The van der Waals surface area contributed by atoms with Gasteiger partial charge < -0.3 is 10.6 Å². The summed E-state index contributed by atoms with van der Waals surface area (Å²) in [6.07, 6.45) is 6.81. The van der Waals surface area contributed by atoms with Crippen LogP contribution < -0.4 is 10.6 Å². The van der Waals surface area contributed by atoms with E-state index in [1.807, 2.05) is 6.08 Å². The van der Waals surface area contributed by atoms with Crippen LogP contribution in [0, 0.1) is 6.92 Å². The monoisotopic (exact) mass is 505 g/mol. The Morgan fingerprint density at radius 3 is 2.49 bits per heavy atom. The molecule has 0 aliphatic heterocycles. The zero-order chi connectivity index (χ0) is 25.8. The first-order valence-corrected chi connectivity index (χ1v) is 13.7. The lowest BCUT2D eigenvalue weighted by atomic mass is 9.93. The summed E-state index contributed by atoms with van der Waals surface area (Å²) in [4.78, 5) is 4.83. The molecule has 0 unspecified atom stereocenters. The number of hydrogen-bond acceptors (Lipinski definition) is 4. The van der Waals surface area contributed by atoms with E-state index in [-0.39, 0.29) is 0 Å². The first-order chi connectivity index (χ1) is 18.1. The molecular weight excluding hydrogens is 470 g/mol. The second kappa shape index (κ2) is 11.4. The molecule has 1 aliphatic rings. The molecule has 188 valence electrons. The minimum absolute atomic E-state index is 0.650. The van der Waals surface area contributed by atoms with E-state index in [1.54, 1.807) is 0 Å². The average molecular weight is 506 g/mol. The summed E-state index contributed by atoms with van der Waals surface area (Å²) in [6, 6.07) is 26.5. The van der Waals surface area contributed by atoms with Crippen LogP contribution in [-0.4, -0.2) is 11.0 Å². The summed E-state index contributed by atoms with van der Waals surface area (Å²) in [5, 5.41) is 8.02. The Balaban J connectivity index is 1.38. The van der Waals surface area contributed by atoms with Gasteiger partial charge in [-0.05, 0) is 89.9 Å². The van der Waals surface area contributed by atoms with Gasteiger partial charge >= 0.3 is 0 Å². The number of nitrogens with one attached hydrogen (secondary N) is 2. The lowest BCUT2D eigenvalue weighted by molar-refractivity contribution is 0.337. The number of hydrogen-bond donors (Lipinski definition) is 3. The number of aryl methyl sites for hydroxylation is 1. The molecule has 5 rings (SSSR count). The Kier molecular flexibility index (Phi) is 7.78. The number of rotatable bonds is 9. The van der Waals surface area contributed by atoms with Crippen molar-refractivity contribution in [3.8, 4) is 22.4 Å². The largest absolute Gasteiger partial charge is 0.355 e. The van der Waals surface area contributed by atoms with Crippen LogP contribution in [0.5, 0.6) is 0 Å². The molecule has 1 aliphatic carbocycles. The molecule has 1 fully saturated rings. The van der Waals surface area contributed by atoms with Crippen molar-refractivity contribution in [1.82, 2.24) is 10.3 Å². The van der Waals surface area contributed by atoms with Gasteiger partial charge in [-0.15, -0.1) is 12.6 Å². The maximum absolute atomic E-state index is 4.83. The van der Waals surface area contributed by atoms with Gasteiger partial charge in [-0.1, -0.05) is 68.5 Å². The zero-order valence-corrected chi connectivity index (χ0v) is 22.6. The predicted molar refractivity (Wildman–Crippen MR) is 161 cm³/mol. The fourth-order valence-corrected chi connectivity index (χ4v) is 5.17. The Hall–Kier alpha value is -3.34. The van der Waals surface area contributed by atoms with Crippen LogP contribution in [0.2, 0.25) is 0 Å². The highest BCUT2D eigenvalue weighted by atomic mass is 32.1. The maximum Gasteiger partial charge on any atom is 0.0981 e. The summed E-state index contributed by atoms with van der Waals surface area (Å²) >= 11 is 4.70. The van der Waals surface area contributed by atoms with Gasteiger partial charge in [-0.2, -0.15) is 0 Å². The minimum Gasteiger partial charge on any atom is -0.355 e. The van der Waals surface area contributed by atoms with E-state index in [4.69, 9.17) is 17.6 Å². The first kappa shape index (κ1) is 25.3. The van der Waals surface area contributed by atoms with Crippen LogP contribution in [0.15, 0.2) is 84.4 Å². The highest BCUT2D eigenvalue weighted by Crippen LogP contribution is 2.33. The molecule has 3 nitrogen and oxygen atoms in total. The van der Waals surface area contributed by atoms with Crippen molar-refractivity contribution in [2.75, 3.05) is 5.32 Å². The normalized spacial score (nSPS) is 13.3. The number of benzene rings is 3. The van der Waals surface area contributed by atoms with Crippen LogP contribution in [0.4, 0.5) is 11.4 Å². The number of thiol groups is 1. The van der Waals surface area contributed by atoms with Gasteiger partial charge in [0, 0.05) is 29.5 Å². The SMILES string of the molecule is C=Cc1cc(Nc2cccc(-c3cccc(-c4ccc(CNC5CCC5)c(S)n4)c3)c2C)ccc1CC. The average Bonchev–Trinajstić information content (AvgIpc) is 2.89. The summed E-state index contributed by atoms with van der Waals surface area (Å²) in [5.41, 5.74) is 11.4. The lowest BCUT2D eigenvalue weighted by Gasteiger charge is -2.26. The smallest absolute Gasteiger partial charge is 0.0981 e. The van der Waals surface area contributed by atoms with E-state index in [0.717, 1.165) is 46.2 Å². The Bertz CT molecular complexity index is 1420. The van der Waals surface area contributed by atoms with Crippen LogP contribution >= 0.6 is 12.6 Å². The Labute approximate surface area is 226 Å². The first-order valence-electron chi connectivity index (χ1n) is 13.2. The third-order valence-electron chi connectivity index (χ3n) is 7.47. The molecule has 0 bridgehead atoms. The van der Waals surface area contributed by atoms with Gasteiger partial charge in [0.1, 0.15) is 0 Å². The number of aromatic nitrogens is 1. The molecule has 0 radical (unpaired) electrons. The highest BCUT2D eigenvalue weighted by Gasteiger charge is 2.17. The summed E-state index contributed by atoms with van der Waals surface area (Å²) in [7, 11) is 0. The van der Waals surface area contributed by atoms with Crippen LogP contribution in [0.3, 0.4) is 0 Å². The molecular formula is C33H35N3S. The summed E-state index contributed by atoms with van der Waals surface area (Å²) in [6.45, 7) is 9.15. The van der Waals surface area contributed by atoms with E-state index >= 15 is 0 Å². The van der Waals surface area contributed by atoms with E-state index < -0.39 is 0 Å². The predicted octanol–water partition coefficient (Wildman–Crippen LogP) is 8.60. The maximum atomic E-state index is 4.83. The van der Waals surface area contributed by atoms with Gasteiger partial charge in [0.25, 0.3) is 0 Å². The van der Waals surface area contributed by atoms with Crippen molar-refractivity contribution < 1.29 is 0 Å². The van der Waals surface area contributed by atoms with Crippen molar-refractivity contribution in [2.45, 2.75) is 57.1 Å². The van der Waals surface area contributed by atoms with Gasteiger partial charge in [0.2, 0.25) is 0 Å². The molecule has 1 aromatic heterocycles. The van der Waals surface area contributed by atoms with Crippen LogP contribution in [-0.2, 0) is 13.0 Å². The van der Waals surface area contributed by atoms with E-state index in [0.29, 0.717) is 6.04 Å².